The highest BCUT2D eigenvalue weighted by molar-refractivity contribution is 5.21. The molecule has 1 aromatic rings. The molecule has 1 N–H and O–H groups in total. The van der Waals surface area contributed by atoms with E-state index in [1.807, 2.05) is 0 Å². The van der Waals surface area contributed by atoms with Crippen LogP contribution in [0.4, 0.5) is 0 Å². The van der Waals surface area contributed by atoms with Crippen LogP contribution in [0.3, 0.4) is 0 Å². The molecule has 0 aliphatic carbocycles. The van der Waals surface area contributed by atoms with Crippen molar-refractivity contribution in [3.8, 4) is 0 Å². The third kappa shape index (κ3) is 6.20. The van der Waals surface area contributed by atoms with Crippen molar-refractivity contribution in [3.05, 3.63) is 35.4 Å². The Morgan fingerprint density at radius 1 is 1.06 bits per heavy atom. The van der Waals surface area contributed by atoms with E-state index in [9.17, 15) is 0 Å². The van der Waals surface area contributed by atoms with E-state index in [1.54, 1.807) is 0 Å². The molecule has 0 aliphatic rings. The van der Waals surface area contributed by atoms with Crippen molar-refractivity contribution in [1.29, 1.82) is 0 Å². The Bertz CT molecular complexity index is 313. The molecule has 0 amide bonds. The smallest absolute Gasteiger partial charge is 0.00175 e. The molecule has 1 aromatic carbocycles. The van der Waals surface area contributed by atoms with Crippen molar-refractivity contribution in [3.63, 3.8) is 0 Å². The summed E-state index contributed by atoms with van der Waals surface area (Å²) in [6, 6.07) is 9.01. The maximum absolute atomic E-state index is 3.50. The summed E-state index contributed by atoms with van der Waals surface area (Å²) >= 11 is 0. The van der Waals surface area contributed by atoms with Gasteiger partial charge in [0, 0.05) is 0 Å². The predicted molar refractivity (Wildman–Crippen MR) is 81.0 cm³/mol. The lowest BCUT2D eigenvalue weighted by Crippen LogP contribution is -2.24. The predicted octanol–water partition coefficient (Wildman–Crippen LogP) is 4.20. The largest absolute Gasteiger partial charge is 0.317 e. The molecule has 0 aromatic heterocycles. The van der Waals surface area contributed by atoms with Gasteiger partial charge in [0.15, 0.2) is 0 Å². The molecule has 18 heavy (non-hydrogen) atoms. The third-order valence-corrected chi connectivity index (χ3v) is 3.48. The molecule has 1 rings (SSSR count). The molecule has 1 unspecified atom stereocenters. The first-order valence-corrected chi connectivity index (χ1v) is 7.38. The lowest BCUT2D eigenvalue weighted by atomic mass is 9.91. The van der Waals surface area contributed by atoms with Gasteiger partial charge in [-0.05, 0) is 50.3 Å². The van der Waals surface area contributed by atoms with E-state index in [0.717, 1.165) is 24.9 Å². The summed E-state index contributed by atoms with van der Waals surface area (Å²) < 4.78 is 0. The third-order valence-electron chi connectivity index (χ3n) is 3.48. The standard InChI is InChI=1S/C17H29N/c1-5-18-13-17(9-6-14(2)3)12-16-10-7-15(4)8-11-16/h7-8,10-11,14,17-18H,5-6,9,12-13H2,1-4H3. The van der Waals surface area contributed by atoms with Gasteiger partial charge in [0.25, 0.3) is 0 Å². The minimum Gasteiger partial charge on any atom is -0.317 e. The number of aryl methyl sites for hydroxylation is 1. The topological polar surface area (TPSA) is 12.0 Å². The van der Waals surface area contributed by atoms with Crippen molar-refractivity contribution in [2.45, 2.75) is 47.0 Å². The zero-order valence-electron chi connectivity index (χ0n) is 12.5. The second kappa shape index (κ2) is 8.31. The summed E-state index contributed by atoms with van der Waals surface area (Å²) in [6.07, 6.45) is 3.88. The minimum absolute atomic E-state index is 0.773. The van der Waals surface area contributed by atoms with Gasteiger partial charge >= 0.3 is 0 Å². The van der Waals surface area contributed by atoms with Crippen molar-refractivity contribution in [2.75, 3.05) is 13.1 Å². The number of nitrogens with one attached hydrogen (secondary N) is 1. The van der Waals surface area contributed by atoms with Gasteiger partial charge in [-0.25, -0.2) is 0 Å². The van der Waals surface area contributed by atoms with Crippen LogP contribution in [0.15, 0.2) is 24.3 Å². The fraction of sp³-hybridized carbons (Fsp3) is 0.647. The highest BCUT2D eigenvalue weighted by Crippen LogP contribution is 2.17. The maximum Gasteiger partial charge on any atom is -0.00175 e. The lowest BCUT2D eigenvalue weighted by Gasteiger charge is -2.18. The number of rotatable bonds is 8. The Hall–Kier alpha value is -0.820. The van der Waals surface area contributed by atoms with Crippen LogP contribution in [0, 0.1) is 18.8 Å². The number of hydrogen-bond acceptors (Lipinski definition) is 1. The summed E-state index contributed by atoms with van der Waals surface area (Å²) in [6.45, 7) is 11.2. The zero-order chi connectivity index (χ0) is 13.4. The number of benzene rings is 1. The van der Waals surface area contributed by atoms with E-state index in [2.05, 4.69) is 57.3 Å². The van der Waals surface area contributed by atoms with Gasteiger partial charge in [0.1, 0.15) is 0 Å². The van der Waals surface area contributed by atoms with E-state index < -0.39 is 0 Å². The van der Waals surface area contributed by atoms with Crippen molar-refractivity contribution in [1.82, 2.24) is 5.32 Å². The first-order valence-electron chi connectivity index (χ1n) is 7.38. The minimum atomic E-state index is 0.773. The SMILES string of the molecule is CCNCC(CCC(C)C)Cc1ccc(C)cc1. The molecular formula is C17H29N. The summed E-state index contributed by atoms with van der Waals surface area (Å²) in [7, 11) is 0. The van der Waals surface area contributed by atoms with Gasteiger partial charge in [-0.3, -0.25) is 0 Å². The average molecular weight is 247 g/mol. The zero-order valence-corrected chi connectivity index (χ0v) is 12.5. The first kappa shape index (κ1) is 15.2. The molecule has 0 spiro atoms. The Labute approximate surface area is 113 Å². The van der Waals surface area contributed by atoms with Gasteiger partial charge in [-0.1, -0.05) is 57.0 Å². The fourth-order valence-electron chi connectivity index (χ4n) is 2.25. The number of hydrogen-bond donors (Lipinski definition) is 1. The molecule has 0 heterocycles. The van der Waals surface area contributed by atoms with Gasteiger partial charge in [-0.2, -0.15) is 0 Å². The first-order chi connectivity index (χ1) is 8.61. The Morgan fingerprint density at radius 2 is 1.72 bits per heavy atom. The lowest BCUT2D eigenvalue weighted by molar-refractivity contribution is 0.402. The normalized spacial score (nSPS) is 12.9. The molecule has 0 radical (unpaired) electrons. The second-order valence-corrected chi connectivity index (χ2v) is 5.83. The molecular weight excluding hydrogens is 218 g/mol. The quantitative estimate of drug-likeness (QED) is 0.726. The van der Waals surface area contributed by atoms with Crippen LogP contribution in [-0.4, -0.2) is 13.1 Å². The molecule has 0 fully saturated rings. The summed E-state index contributed by atoms with van der Waals surface area (Å²) in [5.41, 5.74) is 2.83. The van der Waals surface area contributed by atoms with E-state index >= 15 is 0 Å². The highest BCUT2D eigenvalue weighted by Gasteiger charge is 2.10. The second-order valence-electron chi connectivity index (χ2n) is 5.83. The van der Waals surface area contributed by atoms with Crippen LogP contribution in [-0.2, 0) is 6.42 Å². The van der Waals surface area contributed by atoms with E-state index in [4.69, 9.17) is 0 Å². The molecule has 1 atom stereocenters. The van der Waals surface area contributed by atoms with Crippen LogP contribution in [0.2, 0.25) is 0 Å². The van der Waals surface area contributed by atoms with Gasteiger partial charge < -0.3 is 5.32 Å². The fourth-order valence-corrected chi connectivity index (χ4v) is 2.25. The molecule has 0 saturated carbocycles. The molecule has 0 bridgehead atoms. The summed E-state index contributed by atoms with van der Waals surface area (Å²) in [5.74, 6) is 1.59. The van der Waals surface area contributed by atoms with Crippen LogP contribution < -0.4 is 5.32 Å². The monoisotopic (exact) mass is 247 g/mol. The van der Waals surface area contributed by atoms with Crippen molar-refractivity contribution in [2.24, 2.45) is 11.8 Å². The summed E-state index contributed by atoms with van der Waals surface area (Å²) in [4.78, 5) is 0. The van der Waals surface area contributed by atoms with E-state index in [0.29, 0.717) is 0 Å². The van der Waals surface area contributed by atoms with Gasteiger partial charge in [-0.15, -0.1) is 0 Å². The van der Waals surface area contributed by atoms with Crippen LogP contribution in [0.5, 0.6) is 0 Å². The Morgan fingerprint density at radius 3 is 2.28 bits per heavy atom. The van der Waals surface area contributed by atoms with Gasteiger partial charge in [0.2, 0.25) is 0 Å². The van der Waals surface area contributed by atoms with Crippen LogP contribution >= 0.6 is 0 Å². The van der Waals surface area contributed by atoms with Crippen LogP contribution in [0.1, 0.15) is 44.7 Å². The molecule has 0 saturated heterocycles. The molecule has 1 nitrogen and oxygen atoms in total. The highest BCUT2D eigenvalue weighted by atomic mass is 14.8. The average Bonchev–Trinajstić information content (AvgIpc) is 2.35. The molecule has 1 heteroatoms. The van der Waals surface area contributed by atoms with Crippen LogP contribution in [0.25, 0.3) is 0 Å². The van der Waals surface area contributed by atoms with E-state index in [1.165, 1.54) is 30.4 Å². The molecule has 102 valence electrons. The Balaban J connectivity index is 2.50. The van der Waals surface area contributed by atoms with Gasteiger partial charge in [0.05, 0.1) is 0 Å². The maximum atomic E-state index is 3.50. The van der Waals surface area contributed by atoms with Crippen molar-refractivity contribution < 1.29 is 0 Å². The van der Waals surface area contributed by atoms with E-state index in [-0.39, 0.29) is 0 Å². The Kier molecular flexibility index (Phi) is 7.04. The molecule has 0 aliphatic heterocycles. The summed E-state index contributed by atoms with van der Waals surface area (Å²) in [5, 5.41) is 3.50. The van der Waals surface area contributed by atoms with Crippen molar-refractivity contribution >= 4 is 0 Å².